The minimum Gasteiger partial charge on any atom is -0.314 e. The van der Waals surface area contributed by atoms with E-state index < -0.39 is 0 Å². The Kier molecular flexibility index (Phi) is 2.84. The molecule has 2 rings (SSSR count). The molecule has 0 aromatic carbocycles. The van der Waals surface area contributed by atoms with Gasteiger partial charge in [-0.05, 0) is 6.92 Å². The van der Waals surface area contributed by atoms with Gasteiger partial charge in [-0.2, -0.15) is 5.10 Å². The Morgan fingerprint density at radius 3 is 2.71 bits per heavy atom. The molecule has 1 saturated heterocycles. The van der Waals surface area contributed by atoms with Crippen LogP contribution in [0, 0.1) is 6.92 Å². The molecular weight excluding hydrogens is 176 g/mol. The van der Waals surface area contributed by atoms with Crippen molar-refractivity contribution in [2.24, 2.45) is 7.05 Å². The molecule has 78 valence electrons. The van der Waals surface area contributed by atoms with Crippen molar-refractivity contribution >= 4 is 0 Å². The maximum absolute atomic E-state index is 4.35. The standard InChI is InChI=1S/C10H18N4/c1-9-10(7-13(2)12-9)8-14-5-3-11-4-6-14/h7,11H,3-6,8H2,1-2H3. The summed E-state index contributed by atoms with van der Waals surface area (Å²) in [7, 11) is 1.98. The van der Waals surface area contributed by atoms with Gasteiger partial charge in [0.15, 0.2) is 0 Å². The molecule has 4 nitrogen and oxygen atoms in total. The third-order valence-corrected chi connectivity index (χ3v) is 2.72. The van der Waals surface area contributed by atoms with Crippen molar-refractivity contribution in [2.75, 3.05) is 26.2 Å². The van der Waals surface area contributed by atoms with Gasteiger partial charge in [-0.3, -0.25) is 9.58 Å². The van der Waals surface area contributed by atoms with E-state index in [0.717, 1.165) is 38.4 Å². The average Bonchev–Trinajstić information content (AvgIpc) is 2.47. The highest BCUT2D eigenvalue weighted by atomic mass is 15.3. The first-order valence-electron chi connectivity index (χ1n) is 5.18. The van der Waals surface area contributed by atoms with Gasteiger partial charge in [0.25, 0.3) is 0 Å². The molecule has 0 radical (unpaired) electrons. The van der Waals surface area contributed by atoms with Crippen LogP contribution < -0.4 is 5.32 Å². The highest BCUT2D eigenvalue weighted by Gasteiger charge is 2.12. The first-order chi connectivity index (χ1) is 6.75. The van der Waals surface area contributed by atoms with Crippen LogP contribution in [0.25, 0.3) is 0 Å². The van der Waals surface area contributed by atoms with E-state index in [9.17, 15) is 0 Å². The fourth-order valence-electron chi connectivity index (χ4n) is 1.91. The highest BCUT2D eigenvalue weighted by Crippen LogP contribution is 2.08. The van der Waals surface area contributed by atoms with E-state index in [1.807, 2.05) is 11.7 Å². The summed E-state index contributed by atoms with van der Waals surface area (Å²) >= 11 is 0. The molecule has 0 unspecified atom stereocenters. The molecule has 2 heterocycles. The summed E-state index contributed by atoms with van der Waals surface area (Å²) in [6.45, 7) is 7.64. The van der Waals surface area contributed by atoms with Crippen LogP contribution in [0.4, 0.5) is 0 Å². The molecule has 0 bridgehead atoms. The molecule has 0 spiro atoms. The molecule has 1 aliphatic heterocycles. The second kappa shape index (κ2) is 4.11. The molecule has 0 saturated carbocycles. The van der Waals surface area contributed by atoms with Crippen molar-refractivity contribution in [3.05, 3.63) is 17.5 Å². The molecule has 0 atom stereocenters. The van der Waals surface area contributed by atoms with Crippen LogP contribution in [0.2, 0.25) is 0 Å². The normalized spacial score (nSPS) is 18.7. The molecule has 0 aliphatic carbocycles. The zero-order valence-corrected chi connectivity index (χ0v) is 8.95. The number of piperazine rings is 1. The zero-order valence-electron chi connectivity index (χ0n) is 8.95. The van der Waals surface area contributed by atoms with Crippen LogP contribution in [0.1, 0.15) is 11.3 Å². The van der Waals surface area contributed by atoms with E-state index in [4.69, 9.17) is 0 Å². The molecule has 14 heavy (non-hydrogen) atoms. The fraction of sp³-hybridized carbons (Fsp3) is 0.700. The van der Waals surface area contributed by atoms with Gasteiger partial charge < -0.3 is 5.32 Å². The number of hydrogen-bond acceptors (Lipinski definition) is 3. The number of hydrogen-bond donors (Lipinski definition) is 1. The molecule has 1 aliphatic rings. The van der Waals surface area contributed by atoms with Gasteiger partial charge in [-0.15, -0.1) is 0 Å². The summed E-state index contributed by atoms with van der Waals surface area (Å²) < 4.78 is 1.90. The van der Waals surface area contributed by atoms with E-state index >= 15 is 0 Å². The van der Waals surface area contributed by atoms with Gasteiger partial charge in [-0.1, -0.05) is 0 Å². The lowest BCUT2D eigenvalue weighted by atomic mass is 10.2. The summed E-state index contributed by atoms with van der Waals surface area (Å²) in [6, 6.07) is 0. The number of nitrogens with zero attached hydrogens (tertiary/aromatic N) is 3. The van der Waals surface area contributed by atoms with E-state index in [1.54, 1.807) is 0 Å². The molecule has 1 aromatic rings. The van der Waals surface area contributed by atoms with Crippen LogP contribution in [-0.2, 0) is 13.6 Å². The van der Waals surface area contributed by atoms with Crippen molar-refractivity contribution < 1.29 is 0 Å². The number of rotatable bonds is 2. The van der Waals surface area contributed by atoms with Crippen LogP contribution in [0.5, 0.6) is 0 Å². The summed E-state index contributed by atoms with van der Waals surface area (Å²) in [5.74, 6) is 0. The van der Waals surface area contributed by atoms with Crippen LogP contribution in [0.3, 0.4) is 0 Å². The van der Waals surface area contributed by atoms with E-state index in [1.165, 1.54) is 5.56 Å². The lowest BCUT2D eigenvalue weighted by Gasteiger charge is -2.26. The number of aryl methyl sites for hydroxylation is 2. The predicted molar refractivity (Wildman–Crippen MR) is 56.1 cm³/mol. The Balaban J connectivity index is 1.98. The topological polar surface area (TPSA) is 33.1 Å². The largest absolute Gasteiger partial charge is 0.314 e. The van der Waals surface area contributed by atoms with Crippen molar-refractivity contribution in [3.8, 4) is 0 Å². The van der Waals surface area contributed by atoms with Crippen molar-refractivity contribution in [2.45, 2.75) is 13.5 Å². The third kappa shape index (κ3) is 2.13. The van der Waals surface area contributed by atoms with Gasteiger partial charge >= 0.3 is 0 Å². The van der Waals surface area contributed by atoms with Gasteiger partial charge in [0, 0.05) is 51.5 Å². The maximum atomic E-state index is 4.35. The predicted octanol–water partition coefficient (Wildman–Crippen LogP) is 0.134. The smallest absolute Gasteiger partial charge is 0.0638 e. The van der Waals surface area contributed by atoms with Gasteiger partial charge in [0.1, 0.15) is 0 Å². The van der Waals surface area contributed by atoms with Crippen LogP contribution in [0.15, 0.2) is 6.20 Å². The Hall–Kier alpha value is -0.870. The first kappa shape index (κ1) is 9.68. The average molecular weight is 194 g/mol. The summed E-state index contributed by atoms with van der Waals surface area (Å²) in [6.07, 6.45) is 2.12. The van der Waals surface area contributed by atoms with Crippen LogP contribution in [-0.4, -0.2) is 40.9 Å². The van der Waals surface area contributed by atoms with Crippen molar-refractivity contribution in [1.82, 2.24) is 20.0 Å². The van der Waals surface area contributed by atoms with Gasteiger partial charge in [0.05, 0.1) is 5.69 Å². The monoisotopic (exact) mass is 194 g/mol. The minimum absolute atomic E-state index is 1.04. The van der Waals surface area contributed by atoms with Crippen LogP contribution >= 0.6 is 0 Å². The molecule has 4 heteroatoms. The maximum Gasteiger partial charge on any atom is 0.0638 e. The Labute approximate surface area is 84.9 Å². The summed E-state index contributed by atoms with van der Waals surface area (Å²) in [5, 5.41) is 7.71. The Bertz CT molecular complexity index is 299. The molecular formula is C10H18N4. The van der Waals surface area contributed by atoms with Crippen molar-refractivity contribution in [3.63, 3.8) is 0 Å². The van der Waals surface area contributed by atoms with Crippen molar-refractivity contribution in [1.29, 1.82) is 0 Å². The fourth-order valence-corrected chi connectivity index (χ4v) is 1.91. The van der Waals surface area contributed by atoms with Gasteiger partial charge in [-0.25, -0.2) is 0 Å². The summed E-state index contributed by atoms with van der Waals surface area (Å²) in [5.41, 5.74) is 2.51. The third-order valence-electron chi connectivity index (χ3n) is 2.72. The molecule has 1 N–H and O–H groups in total. The summed E-state index contributed by atoms with van der Waals surface area (Å²) in [4.78, 5) is 2.47. The number of nitrogens with one attached hydrogen (secondary N) is 1. The first-order valence-corrected chi connectivity index (χ1v) is 5.18. The second-order valence-electron chi connectivity index (χ2n) is 3.94. The Morgan fingerprint density at radius 1 is 1.43 bits per heavy atom. The number of aromatic nitrogens is 2. The lowest BCUT2D eigenvalue weighted by molar-refractivity contribution is 0.233. The van der Waals surface area contributed by atoms with Gasteiger partial charge in [0.2, 0.25) is 0 Å². The van der Waals surface area contributed by atoms with E-state index in [2.05, 4.69) is 28.4 Å². The Morgan fingerprint density at radius 2 is 2.14 bits per heavy atom. The zero-order chi connectivity index (χ0) is 9.97. The highest BCUT2D eigenvalue weighted by molar-refractivity contribution is 5.15. The SMILES string of the molecule is Cc1nn(C)cc1CN1CCNCC1. The quantitative estimate of drug-likeness (QED) is 0.726. The van der Waals surface area contributed by atoms with E-state index in [-0.39, 0.29) is 0 Å². The van der Waals surface area contributed by atoms with E-state index in [0.29, 0.717) is 0 Å². The minimum atomic E-state index is 1.04. The second-order valence-corrected chi connectivity index (χ2v) is 3.94. The molecule has 0 amide bonds. The molecule has 1 fully saturated rings. The lowest BCUT2D eigenvalue weighted by Crippen LogP contribution is -2.42. The molecule has 1 aromatic heterocycles.